The minimum Gasteiger partial charge on any atom is -0.497 e. The van der Waals surface area contributed by atoms with Crippen LogP contribution in [0.5, 0.6) is 5.75 Å². The SMILES string of the molecule is COc1ccc(CCN2C(=O)N[C@H](CC(=O)Nc3ccc4[nH]ccc4c3)C2=O)cc1. The van der Waals surface area contributed by atoms with Crippen molar-refractivity contribution in [2.75, 3.05) is 19.0 Å². The summed E-state index contributed by atoms with van der Waals surface area (Å²) in [6.45, 7) is 0.249. The second-order valence-electron chi connectivity index (χ2n) is 7.12. The molecule has 3 N–H and O–H groups in total. The molecule has 30 heavy (non-hydrogen) atoms. The van der Waals surface area contributed by atoms with Crippen molar-refractivity contribution in [3.63, 3.8) is 0 Å². The Morgan fingerprint density at radius 3 is 2.70 bits per heavy atom. The van der Waals surface area contributed by atoms with E-state index in [1.54, 1.807) is 13.2 Å². The number of methoxy groups -OCH3 is 1. The maximum absolute atomic E-state index is 12.6. The molecule has 0 radical (unpaired) electrons. The van der Waals surface area contributed by atoms with Gasteiger partial charge in [0.05, 0.1) is 13.5 Å². The number of carbonyl (C=O) groups is 3. The van der Waals surface area contributed by atoms with Gasteiger partial charge in [0.15, 0.2) is 0 Å². The topological polar surface area (TPSA) is 104 Å². The summed E-state index contributed by atoms with van der Waals surface area (Å²) in [4.78, 5) is 41.5. The van der Waals surface area contributed by atoms with Gasteiger partial charge in [0, 0.05) is 29.3 Å². The predicted molar refractivity (Wildman–Crippen MR) is 112 cm³/mol. The molecule has 1 fully saturated rings. The summed E-state index contributed by atoms with van der Waals surface area (Å²) in [6.07, 6.45) is 2.23. The minimum absolute atomic E-state index is 0.116. The van der Waals surface area contributed by atoms with Crippen LogP contribution in [-0.2, 0) is 16.0 Å². The van der Waals surface area contributed by atoms with E-state index in [1.807, 2.05) is 48.7 Å². The number of anilines is 1. The average Bonchev–Trinajstić information content (AvgIpc) is 3.31. The Hall–Kier alpha value is -3.81. The molecule has 0 aliphatic carbocycles. The molecule has 0 unspecified atom stereocenters. The van der Waals surface area contributed by atoms with Gasteiger partial charge in [-0.3, -0.25) is 14.5 Å². The van der Waals surface area contributed by atoms with E-state index in [0.29, 0.717) is 12.1 Å². The van der Waals surface area contributed by atoms with Crippen molar-refractivity contribution >= 4 is 34.4 Å². The Morgan fingerprint density at radius 1 is 1.13 bits per heavy atom. The van der Waals surface area contributed by atoms with Crippen LogP contribution < -0.4 is 15.4 Å². The number of H-pyrrole nitrogens is 1. The van der Waals surface area contributed by atoms with Gasteiger partial charge in [-0.1, -0.05) is 12.1 Å². The first-order valence-electron chi connectivity index (χ1n) is 9.65. The van der Waals surface area contributed by atoms with Crippen LogP contribution in [0.15, 0.2) is 54.7 Å². The van der Waals surface area contributed by atoms with Crippen molar-refractivity contribution < 1.29 is 19.1 Å². The van der Waals surface area contributed by atoms with E-state index in [2.05, 4.69) is 15.6 Å². The molecule has 4 rings (SSSR count). The molecular weight excluding hydrogens is 384 g/mol. The number of fused-ring (bicyclic) bond motifs is 1. The van der Waals surface area contributed by atoms with Crippen molar-refractivity contribution in [1.82, 2.24) is 15.2 Å². The number of nitrogens with one attached hydrogen (secondary N) is 3. The third-order valence-electron chi connectivity index (χ3n) is 5.12. The van der Waals surface area contributed by atoms with Crippen LogP contribution >= 0.6 is 0 Å². The van der Waals surface area contributed by atoms with Crippen molar-refractivity contribution in [3.05, 3.63) is 60.3 Å². The van der Waals surface area contributed by atoms with E-state index in [1.165, 1.54) is 0 Å². The molecule has 8 heteroatoms. The zero-order valence-electron chi connectivity index (χ0n) is 16.5. The van der Waals surface area contributed by atoms with Crippen LogP contribution in [0.4, 0.5) is 10.5 Å². The highest BCUT2D eigenvalue weighted by atomic mass is 16.5. The first-order valence-corrected chi connectivity index (χ1v) is 9.65. The van der Waals surface area contributed by atoms with Gasteiger partial charge in [-0.15, -0.1) is 0 Å². The molecule has 1 saturated heterocycles. The first-order chi connectivity index (χ1) is 14.5. The number of rotatable bonds is 7. The highest BCUT2D eigenvalue weighted by Crippen LogP contribution is 2.19. The molecule has 2 aromatic carbocycles. The van der Waals surface area contributed by atoms with E-state index in [-0.39, 0.29) is 24.8 Å². The summed E-state index contributed by atoms with van der Waals surface area (Å²) in [7, 11) is 1.59. The normalized spacial score (nSPS) is 16.0. The summed E-state index contributed by atoms with van der Waals surface area (Å²) in [5, 5.41) is 6.36. The van der Waals surface area contributed by atoms with E-state index in [0.717, 1.165) is 27.1 Å². The van der Waals surface area contributed by atoms with E-state index >= 15 is 0 Å². The van der Waals surface area contributed by atoms with Gasteiger partial charge in [-0.25, -0.2) is 4.79 Å². The lowest BCUT2D eigenvalue weighted by Gasteiger charge is -2.13. The van der Waals surface area contributed by atoms with E-state index < -0.39 is 12.1 Å². The largest absolute Gasteiger partial charge is 0.497 e. The number of hydrogen-bond donors (Lipinski definition) is 3. The highest BCUT2D eigenvalue weighted by molar-refractivity contribution is 6.07. The predicted octanol–water partition coefficient (Wildman–Crippen LogP) is 2.67. The Bertz CT molecular complexity index is 1090. The maximum Gasteiger partial charge on any atom is 0.324 e. The van der Waals surface area contributed by atoms with Gasteiger partial charge in [-0.2, -0.15) is 0 Å². The number of aromatic nitrogens is 1. The van der Waals surface area contributed by atoms with Crippen LogP contribution in [0.3, 0.4) is 0 Å². The van der Waals surface area contributed by atoms with E-state index in [9.17, 15) is 14.4 Å². The summed E-state index contributed by atoms with van der Waals surface area (Å²) in [6, 6.07) is 13.5. The second-order valence-corrected chi connectivity index (χ2v) is 7.12. The lowest BCUT2D eigenvalue weighted by atomic mass is 10.1. The number of urea groups is 1. The molecule has 0 bridgehead atoms. The molecule has 0 saturated carbocycles. The number of aromatic amines is 1. The number of hydrogen-bond acceptors (Lipinski definition) is 4. The monoisotopic (exact) mass is 406 g/mol. The number of benzene rings is 2. The van der Waals surface area contributed by atoms with Crippen LogP contribution in [0, 0.1) is 0 Å². The fraction of sp³-hybridized carbons (Fsp3) is 0.227. The van der Waals surface area contributed by atoms with Crippen molar-refractivity contribution in [2.24, 2.45) is 0 Å². The zero-order chi connectivity index (χ0) is 21.1. The number of amides is 4. The Morgan fingerprint density at radius 2 is 1.93 bits per heavy atom. The Labute approximate surface area is 173 Å². The van der Waals surface area contributed by atoms with Gasteiger partial charge in [0.25, 0.3) is 5.91 Å². The van der Waals surface area contributed by atoms with Crippen LogP contribution in [-0.4, -0.2) is 47.4 Å². The number of carbonyl (C=O) groups excluding carboxylic acids is 3. The first kappa shape index (κ1) is 19.5. The standard InChI is InChI=1S/C22H22N4O4/c1-30-17-5-2-14(3-6-17)9-11-26-21(28)19(25-22(26)29)13-20(27)24-16-4-7-18-15(12-16)8-10-23-18/h2-8,10,12,19,23H,9,11,13H2,1H3,(H,24,27)(H,25,29)/t19-/m1/s1. The molecule has 154 valence electrons. The summed E-state index contributed by atoms with van der Waals surface area (Å²) in [5.74, 6) is 0.0285. The molecule has 2 heterocycles. The summed E-state index contributed by atoms with van der Waals surface area (Å²) in [5.41, 5.74) is 2.59. The fourth-order valence-electron chi connectivity index (χ4n) is 3.49. The number of imide groups is 1. The summed E-state index contributed by atoms with van der Waals surface area (Å²) >= 11 is 0. The van der Waals surface area contributed by atoms with Crippen LogP contribution in [0.1, 0.15) is 12.0 Å². The number of nitrogens with zero attached hydrogens (tertiary/aromatic N) is 1. The Balaban J connectivity index is 1.32. The molecule has 1 atom stereocenters. The van der Waals surface area contributed by atoms with Crippen molar-refractivity contribution in [2.45, 2.75) is 18.9 Å². The van der Waals surface area contributed by atoms with Crippen LogP contribution in [0.25, 0.3) is 10.9 Å². The lowest BCUT2D eigenvalue weighted by Crippen LogP contribution is -2.34. The molecular formula is C22H22N4O4. The lowest BCUT2D eigenvalue weighted by molar-refractivity contribution is -0.129. The van der Waals surface area contributed by atoms with Crippen molar-refractivity contribution in [3.8, 4) is 5.75 Å². The smallest absolute Gasteiger partial charge is 0.324 e. The van der Waals surface area contributed by atoms with Gasteiger partial charge in [0.2, 0.25) is 5.91 Å². The van der Waals surface area contributed by atoms with Crippen molar-refractivity contribution in [1.29, 1.82) is 0 Å². The quantitative estimate of drug-likeness (QED) is 0.525. The molecule has 1 aliphatic heterocycles. The van der Waals surface area contributed by atoms with Crippen LogP contribution in [0.2, 0.25) is 0 Å². The third-order valence-corrected chi connectivity index (χ3v) is 5.12. The molecule has 8 nitrogen and oxygen atoms in total. The fourth-order valence-corrected chi connectivity index (χ4v) is 3.49. The third kappa shape index (κ3) is 4.12. The number of ether oxygens (including phenoxy) is 1. The summed E-state index contributed by atoms with van der Waals surface area (Å²) < 4.78 is 5.12. The maximum atomic E-state index is 12.6. The van der Waals surface area contributed by atoms with Gasteiger partial charge in [0.1, 0.15) is 11.8 Å². The highest BCUT2D eigenvalue weighted by Gasteiger charge is 2.38. The molecule has 0 spiro atoms. The minimum atomic E-state index is -0.857. The van der Waals surface area contributed by atoms with Gasteiger partial charge >= 0.3 is 6.03 Å². The Kier molecular flexibility index (Phi) is 5.38. The van der Waals surface area contributed by atoms with Gasteiger partial charge < -0.3 is 20.4 Å². The van der Waals surface area contributed by atoms with Gasteiger partial charge in [-0.05, 0) is 48.4 Å². The molecule has 1 aromatic heterocycles. The average molecular weight is 406 g/mol. The molecule has 1 aliphatic rings. The zero-order valence-corrected chi connectivity index (χ0v) is 16.5. The second kappa shape index (κ2) is 8.28. The van der Waals surface area contributed by atoms with E-state index in [4.69, 9.17) is 4.74 Å². The molecule has 4 amide bonds. The molecule has 3 aromatic rings.